The maximum atomic E-state index is 12.8. The van der Waals surface area contributed by atoms with Crippen molar-refractivity contribution in [1.29, 1.82) is 0 Å². The molecule has 2 aliphatic rings. The Hall–Kier alpha value is -2.11. The number of aromatic nitrogens is 1. The third kappa shape index (κ3) is 3.48. The quantitative estimate of drug-likeness (QED) is 0.846. The first-order valence-corrected chi connectivity index (χ1v) is 8.84. The molecule has 130 valence electrons. The van der Waals surface area contributed by atoms with E-state index in [2.05, 4.69) is 17.1 Å². The van der Waals surface area contributed by atoms with E-state index in [9.17, 15) is 4.79 Å². The van der Waals surface area contributed by atoms with Gasteiger partial charge in [-0.2, -0.15) is 0 Å². The maximum absolute atomic E-state index is 12.8. The van der Waals surface area contributed by atoms with E-state index in [1.807, 2.05) is 17.0 Å². The summed E-state index contributed by atoms with van der Waals surface area (Å²) in [7, 11) is 0. The monoisotopic (exact) mass is 358 g/mol. The lowest BCUT2D eigenvalue weighted by atomic mass is 9.99. The zero-order valence-electron chi connectivity index (χ0n) is 13.8. The van der Waals surface area contributed by atoms with Crippen LogP contribution in [0, 0.1) is 0 Å². The van der Waals surface area contributed by atoms with Crippen LogP contribution in [0.3, 0.4) is 0 Å². The Kier molecular flexibility index (Phi) is 4.59. The molecule has 0 spiro atoms. The van der Waals surface area contributed by atoms with Gasteiger partial charge in [0.1, 0.15) is 11.1 Å². The van der Waals surface area contributed by atoms with Gasteiger partial charge in [0.15, 0.2) is 0 Å². The molecule has 1 fully saturated rings. The Balaban J connectivity index is 1.48. The second-order valence-electron chi connectivity index (χ2n) is 6.36. The van der Waals surface area contributed by atoms with Gasteiger partial charge in [0.2, 0.25) is 5.88 Å². The summed E-state index contributed by atoms with van der Waals surface area (Å²) >= 11 is 6.27. The molecule has 5 nitrogen and oxygen atoms in total. The van der Waals surface area contributed by atoms with Crippen molar-refractivity contribution in [1.82, 2.24) is 9.88 Å². The van der Waals surface area contributed by atoms with Gasteiger partial charge in [0.05, 0.1) is 18.8 Å². The van der Waals surface area contributed by atoms with Crippen molar-refractivity contribution in [3.63, 3.8) is 0 Å². The Morgan fingerprint density at radius 3 is 2.92 bits per heavy atom. The molecule has 1 aromatic heterocycles. The Bertz CT molecular complexity index is 790. The molecule has 1 aromatic carbocycles. The number of amides is 1. The van der Waals surface area contributed by atoms with Crippen molar-refractivity contribution in [3.8, 4) is 5.88 Å². The van der Waals surface area contributed by atoms with Crippen molar-refractivity contribution >= 4 is 17.5 Å². The lowest BCUT2D eigenvalue weighted by Crippen LogP contribution is -2.36. The first kappa shape index (κ1) is 16.4. The molecule has 0 N–H and O–H groups in total. The lowest BCUT2D eigenvalue weighted by Gasteiger charge is -2.29. The molecule has 2 aromatic rings. The number of halogens is 1. The molecule has 3 heterocycles. The molecule has 2 aliphatic heterocycles. The molecule has 0 saturated carbocycles. The number of carbonyl (C=O) groups is 1. The van der Waals surface area contributed by atoms with Crippen LogP contribution in [0.25, 0.3) is 0 Å². The highest BCUT2D eigenvalue weighted by Crippen LogP contribution is 2.27. The number of carbonyl (C=O) groups excluding carboxylic acids is 1. The Labute approximate surface area is 151 Å². The van der Waals surface area contributed by atoms with Crippen molar-refractivity contribution < 1.29 is 14.3 Å². The maximum Gasteiger partial charge on any atom is 0.255 e. The van der Waals surface area contributed by atoms with Crippen molar-refractivity contribution in [3.05, 3.63) is 58.2 Å². The fourth-order valence-corrected chi connectivity index (χ4v) is 3.46. The third-order valence-electron chi connectivity index (χ3n) is 4.64. The number of benzene rings is 1. The van der Waals surface area contributed by atoms with Gasteiger partial charge in [-0.25, -0.2) is 4.98 Å². The fourth-order valence-electron chi connectivity index (χ4n) is 3.24. The standard InChI is InChI=1S/C19H19ClN2O3/c20-17-9-15(10-21-18(17)25-16-6-8-24-12-16)19(23)22-7-5-13-3-1-2-4-14(13)11-22/h1-4,9-10,16H,5-8,11-12H2. The molecule has 4 rings (SSSR count). The summed E-state index contributed by atoms with van der Waals surface area (Å²) in [6, 6.07) is 9.87. The minimum atomic E-state index is -0.0559. The van der Waals surface area contributed by atoms with E-state index in [0.717, 1.165) is 12.8 Å². The SMILES string of the molecule is O=C(c1cnc(OC2CCOC2)c(Cl)c1)N1CCc2ccccc2C1. The summed E-state index contributed by atoms with van der Waals surface area (Å²) in [4.78, 5) is 18.9. The van der Waals surface area contributed by atoms with E-state index >= 15 is 0 Å². The molecule has 1 unspecified atom stereocenters. The number of hydrogen-bond donors (Lipinski definition) is 0. The lowest BCUT2D eigenvalue weighted by molar-refractivity contribution is 0.0734. The van der Waals surface area contributed by atoms with Crippen LogP contribution in [0.15, 0.2) is 36.5 Å². The van der Waals surface area contributed by atoms with Crippen LogP contribution in [-0.2, 0) is 17.7 Å². The molecule has 0 radical (unpaired) electrons. The highest BCUT2D eigenvalue weighted by atomic mass is 35.5. The Morgan fingerprint density at radius 2 is 2.16 bits per heavy atom. The molecule has 6 heteroatoms. The van der Waals surface area contributed by atoms with Crippen LogP contribution in [0.2, 0.25) is 5.02 Å². The average Bonchev–Trinajstić information content (AvgIpc) is 3.15. The van der Waals surface area contributed by atoms with Crippen molar-refractivity contribution in [2.45, 2.75) is 25.5 Å². The predicted molar refractivity (Wildman–Crippen MR) is 94.0 cm³/mol. The highest BCUT2D eigenvalue weighted by molar-refractivity contribution is 6.32. The van der Waals surface area contributed by atoms with Gasteiger partial charge in [-0.1, -0.05) is 35.9 Å². The smallest absolute Gasteiger partial charge is 0.255 e. The molecular weight excluding hydrogens is 340 g/mol. The van der Waals surface area contributed by atoms with Gasteiger partial charge < -0.3 is 14.4 Å². The largest absolute Gasteiger partial charge is 0.471 e. The second-order valence-corrected chi connectivity index (χ2v) is 6.77. The molecule has 0 bridgehead atoms. The summed E-state index contributed by atoms with van der Waals surface area (Å²) in [6.45, 7) is 2.55. The molecule has 25 heavy (non-hydrogen) atoms. The summed E-state index contributed by atoms with van der Waals surface area (Å²) in [6.07, 6.45) is 3.21. The van der Waals surface area contributed by atoms with Gasteiger partial charge in [0.25, 0.3) is 5.91 Å². The highest BCUT2D eigenvalue weighted by Gasteiger charge is 2.24. The van der Waals surface area contributed by atoms with E-state index in [-0.39, 0.29) is 12.0 Å². The van der Waals surface area contributed by atoms with E-state index < -0.39 is 0 Å². The fraction of sp³-hybridized carbons (Fsp3) is 0.368. The van der Waals surface area contributed by atoms with Crippen LogP contribution in [0.5, 0.6) is 5.88 Å². The van der Waals surface area contributed by atoms with Gasteiger partial charge >= 0.3 is 0 Å². The second kappa shape index (κ2) is 7.02. The van der Waals surface area contributed by atoms with Gasteiger partial charge in [-0.3, -0.25) is 4.79 Å². The van der Waals surface area contributed by atoms with E-state index in [1.165, 1.54) is 11.1 Å². The number of rotatable bonds is 3. The summed E-state index contributed by atoms with van der Waals surface area (Å²) in [5.41, 5.74) is 2.99. The number of pyridine rings is 1. The van der Waals surface area contributed by atoms with Crippen LogP contribution in [0.4, 0.5) is 0 Å². The molecule has 1 amide bonds. The van der Waals surface area contributed by atoms with E-state index in [0.29, 0.717) is 42.8 Å². The number of nitrogens with zero attached hydrogens (tertiary/aromatic N) is 2. The van der Waals surface area contributed by atoms with E-state index in [4.69, 9.17) is 21.1 Å². The summed E-state index contributed by atoms with van der Waals surface area (Å²) in [5, 5.41) is 0.357. The minimum absolute atomic E-state index is 0.0230. The molecule has 1 atom stereocenters. The van der Waals surface area contributed by atoms with Crippen LogP contribution < -0.4 is 4.74 Å². The van der Waals surface area contributed by atoms with Crippen molar-refractivity contribution in [2.75, 3.05) is 19.8 Å². The first-order chi connectivity index (χ1) is 12.2. The van der Waals surface area contributed by atoms with Gasteiger partial charge in [-0.05, 0) is 23.6 Å². The number of ether oxygens (including phenoxy) is 2. The van der Waals surface area contributed by atoms with Gasteiger partial charge in [-0.15, -0.1) is 0 Å². The summed E-state index contributed by atoms with van der Waals surface area (Å²) in [5.74, 6) is 0.303. The molecule has 1 saturated heterocycles. The molecular formula is C19H19ClN2O3. The van der Waals surface area contributed by atoms with Crippen molar-refractivity contribution in [2.24, 2.45) is 0 Å². The normalized spacial score (nSPS) is 19.6. The van der Waals surface area contributed by atoms with Crippen LogP contribution in [0.1, 0.15) is 27.9 Å². The number of hydrogen-bond acceptors (Lipinski definition) is 4. The predicted octanol–water partition coefficient (Wildman–Crippen LogP) is 3.10. The van der Waals surface area contributed by atoms with Crippen LogP contribution in [-0.4, -0.2) is 41.7 Å². The van der Waals surface area contributed by atoms with E-state index in [1.54, 1.807) is 12.3 Å². The summed E-state index contributed by atoms with van der Waals surface area (Å²) < 4.78 is 11.0. The zero-order valence-corrected chi connectivity index (χ0v) is 14.5. The zero-order chi connectivity index (χ0) is 17.2. The minimum Gasteiger partial charge on any atom is -0.471 e. The topological polar surface area (TPSA) is 51.7 Å². The third-order valence-corrected chi connectivity index (χ3v) is 4.91. The average molecular weight is 359 g/mol. The van der Waals surface area contributed by atoms with Gasteiger partial charge in [0, 0.05) is 25.7 Å². The first-order valence-electron chi connectivity index (χ1n) is 8.47. The Morgan fingerprint density at radius 1 is 1.32 bits per heavy atom. The molecule has 0 aliphatic carbocycles. The number of fused-ring (bicyclic) bond motifs is 1. The van der Waals surface area contributed by atoms with Crippen LogP contribution >= 0.6 is 11.6 Å².